The van der Waals surface area contributed by atoms with Crippen molar-refractivity contribution < 1.29 is 4.79 Å². The Balaban J connectivity index is 2.56. The maximum absolute atomic E-state index is 12.8. The summed E-state index contributed by atoms with van der Waals surface area (Å²) in [6.07, 6.45) is 5.45. The molecule has 0 saturated heterocycles. The van der Waals surface area contributed by atoms with Gasteiger partial charge in [-0.3, -0.25) is 4.79 Å². The molecule has 1 amide bonds. The number of amides is 1. The largest absolute Gasteiger partial charge is 0.342 e. The molecule has 0 heterocycles. The van der Waals surface area contributed by atoms with Crippen LogP contribution < -0.4 is 5.73 Å². The van der Waals surface area contributed by atoms with Gasteiger partial charge in [0, 0.05) is 19.0 Å². The lowest BCUT2D eigenvalue weighted by molar-refractivity contribution is -0.137. The lowest BCUT2D eigenvalue weighted by Gasteiger charge is -2.38. The fourth-order valence-corrected chi connectivity index (χ4v) is 3.48. The molecule has 1 saturated carbocycles. The molecule has 2 N–H and O–H groups in total. The molecular formula is C18H36N2O. The number of nitrogens with two attached hydrogens (primary N) is 1. The Morgan fingerprint density at radius 3 is 2.19 bits per heavy atom. The molecule has 0 radical (unpaired) electrons. The van der Waals surface area contributed by atoms with Crippen LogP contribution in [0.1, 0.15) is 66.7 Å². The fourth-order valence-electron chi connectivity index (χ4n) is 3.48. The number of carbonyl (C=O) groups is 1. The summed E-state index contributed by atoms with van der Waals surface area (Å²) in [6.45, 7) is 13.7. The van der Waals surface area contributed by atoms with E-state index in [0.29, 0.717) is 23.8 Å². The van der Waals surface area contributed by atoms with E-state index in [9.17, 15) is 4.79 Å². The summed E-state index contributed by atoms with van der Waals surface area (Å²) < 4.78 is 0. The summed E-state index contributed by atoms with van der Waals surface area (Å²) in [5.41, 5.74) is 5.99. The maximum atomic E-state index is 12.8. The summed E-state index contributed by atoms with van der Waals surface area (Å²) in [4.78, 5) is 14.9. The van der Waals surface area contributed by atoms with E-state index in [1.165, 1.54) is 12.8 Å². The van der Waals surface area contributed by atoms with Crippen LogP contribution in [0.3, 0.4) is 0 Å². The standard InChI is InChI=1S/C18H36N2O/c1-14(2)13-20(12-6-11-19)17(21)15-7-9-16(10-8-15)18(3,4)5/h14-16H,6-13,19H2,1-5H3. The van der Waals surface area contributed by atoms with Gasteiger partial charge in [0.1, 0.15) is 0 Å². The first-order chi connectivity index (χ1) is 9.75. The average molecular weight is 296 g/mol. The molecule has 1 rings (SSSR count). The smallest absolute Gasteiger partial charge is 0.225 e. The molecule has 1 aliphatic rings. The van der Waals surface area contributed by atoms with Crippen LogP contribution in [0.4, 0.5) is 0 Å². The summed E-state index contributed by atoms with van der Waals surface area (Å²) in [7, 11) is 0. The predicted octanol–water partition coefficient (Wildman–Crippen LogP) is 3.67. The van der Waals surface area contributed by atoms with E-state index in [1.807, 2.05) is 0 Å². The Hall–Kier alpha value is -0.570. The van der Waals surface area contributed by atoms with Gasteiger partial charge in [0.25, 0.3) is 0 Å². The minimum atomic E-state index is 0.250. The van der Waals surface area contributed by atoms with Gasteiger partial charge in [-0.2, -0.15) is 0 Å². The number of nitrogens with zero attached hydrogens (tertiary/aromatic N) is 1. The lowest BCUT2D eigenvalue weighted by Crippen LogP contribution is -2.41. The topological polar surface area (TPSA) is 46.3 Å². The minimum absolute atomic E-state index is 0.250. The van der Waals surface area contributed by atoms with Crippen molar-refractivity contribution in [3.05, 3.63) is 0 Å². The first-order valence-electron chi connectivity index (χ1n) is 8.74. The molecule has 1 fully saturated rings. The normalized spacial score (nSPS) is 23.4. The van der Waals surface area contributed by atoms with E-state index in [4.69, 9.17) is 5.73 Å². The first kappa shape index (κ1) is 18.5. The number of hydrogen-bond donors (Lipinski definition) is 1. The van der Waals surface area contributed by atoms with Crippen molar-refractivity contribution in [2.75, 3.05) is 19.6 Å². The van der Waals surface area contributed by atoms with Crippen LogP contribution in [-0.4, -0.2) is 30.4 Å². The van der Waals surface area contributed by atoms with Crippen LogP contribution in [0, 0.1) is 23.2 Å². The zero-order valence-corrected chi connectivity index (χ0v) is 14.8. The number of rotatable bonds is 6. The van der Waals surface area contributed by atoms with Crippen molar-refractivity contribution in [1.82, 2.24) is 4.90 Å². The predicted molar refractivity (Wildman–Crippen MR) is 90.0 cm³/mol. The molecule has 21 heavy (non-hydrogen) atoms. The average Bonchev–Trinajstić information content (AvgIpc) is 2.41. The Kier molecular flexibility index (Phi) is 7.19. The van der Waals surface area contributed by atoms with Crippen LogP contribution in [-0.2, 0) is 4.79 Å². The third kappa shape index (κ3) is 5.98. The van der Waals surface area contributed by atoms with E-state index < -0.39 is 0 Å². The van der Waals surface area contributed by atoms with E-state index >= 15 is 0 Å². The van der Waals surface area contributed by atoms with Crippen molar-refractivity contribution in [1.29, 1.82) is 0 Å². The van der Waals surface area contributed by atoms with E-state index in [2.05, 4.69) is 39.5 Å². The van der Waals surface area contributed by atoms with Gasteiger partial charge < -0.3 is 10.6 Å². The Morgan fingerprint density at radius 1 is 1.19 bits per heavy atom. The molecule has 0 unspecified atom stereocenters. The summed E-state index contributed by atoms with van der Waals surface area (Å²) in [5.74, 6) is 1.92. The van der Waals surface area contributed by atoms with Crippen LogP contribution in [0.25, 0.3) is 0 Å². The van der Waals surface area contributed by atoms with E-state index in [-0.39, 0.29) is 5.92 Å². The highest BCUT2D eigenvalue weighted by atomic mass is 16.2. The summed E-state index contributed by atoms with van der Waals surface area (Å²) in [5, 5.41) is 0. The molecule has 0 spiro atoms. The molecule has 0 aliphatic heterocycles. The van der Waals surface area contributed by atoms with Gasteiger partial charge in [-0.1, -0.05) is 34.6 Å². The summed E-state index contributed by atoms with van der Waals surface area (Å²) >= 11 is 0. The zero-order valence-electron chi connectivity index (χ0n) is 14.8. The third-order valence-corrected chi connectivity index (χ3v) is 4.83. The van der Waals surface area contributed by atoms with Crippen molar-refractivity contribution in [3.63, 3.8) is 0 Å². The molecule has 0 aromatic heterocycles. The van der Waals surface area contributed by atoms with Gasteiger partial charge in [0.15, 0.2) is 0 Å². The van der Waals surface area contributed by atoms with Crippen LogP contribution >= 0.6 is 0 Å². The second kappa shape index (κ2) is 8.17. The van der Waals surface area contributed by atoms with Crippen LogP contribution in [0.5, 0.6) is 0 Å². The Labute approximate surface area is 131 Å². The first-order valence-corrected chi connectivity index (χ1v) is 8.74. The van der Waals surface area contributed by atoms with Gasteiger partial charge in [-0.15, -0.1) is 0 Å². The minimum Gasteiger partial charge on any atom is -0.342 e. The molecule has 0 aromatic rings. The van der Waals surface area contributed by atoms with E-state index in [0.717, 1.165) is 38.3 Å². The lowest BCUT2D eigenvalue weighted by atomic mass is 9.69. The van der Waals surface area contributed by atoms with Gasteiger partial charge in [0.05, 0.1) is 0 Å². The van der Waals surface area contributed by atoms with Crippen molar-refractivity contribution in [2.24, 2.45) is 28.9 Å². The van der Waals surface area contributed by atoms with Crippen molar-refractivity contribution >= 4 is 5.91 Å². The maximum Gasteiger partial charge on any atom is 0.225 e. The molecular weight excluding hydrogens is 260 g/mol. The Morgan fingerprint density at radius 2 is 1.76 bits per heavy atom. The molecule has 3 heteroatoms. The second-order valence-corrected chi connectivity index (χ2v) is 8.23. The van der Waals surface area contributed by atoms with Crippen molar-refractivity contribution in [2.45, 2.75) is 66.7 Å². The molecule has 0 bridgehead atoms. The molecule has 0 atom stereocenters. The molecule has 3 nitrogen and oxygen atoms in total. The highest BCUT2D eigenvalue weighted by Crippen LogP contribution is 2.40. The molecule has 124 valence electrons. The SMILES string of the molecule is CC(C)CN(CCCN)C(=O)C1CCC(C(C)(C)C)CC1. The van der Waals surface area contributed by atoms with Gasteiger partial charge >= 0.3 is 0 Å². The number of carbonyl (C=O) groups excluding carboxylic acids is 1. The van der Waals surface area contributed by atoms with Crippen LogP contribution in [0.15, 0.2) is 0 Å². The Bertz CT molecular complexity index is 312. The monoisotopic (exact) mass is 296 g/mol. The van der Waals surface area contributed by atoms with E-state index in [1.54, 1.807) is 0 Å². The third-order valence-electron chi connectivity index (χ3n) is 4.83. The zero-order chi connectivity index (χ0) is 16.0. The highest BCUT2D eigenvalue weighted by molar-refractivity contribution is 5.79. The number of hydrogen-bond acceptors (Lipinski definition) is 2. The van der Waals surface area contributed by atoms with Crippen LogP contribution in [0.2, 0.25) is 0 Å². The van der Waals surface area contributed by atoms with Crippen molar-refractivity contribution in [3.8, 4) is 0 Å². The molecule has 1 aliphatic carbocycles. The van der Waals surface area contributed by atoms with Gasteiger partial charge in [0.2, 0.25) is 5.91 Å². The fraction of sp³-hybridized carbons (Fsp3) is 0.944. The van der Waals surface area contributed by atoms with Gasteiger partial charge in [-0.05, 0) is 55.9 Å². The second-order valence-electron chi connectivity index (χ2n) is 8.23. The highest BCUT2D eigenvalue weighted by Gasteiger charge is 2.33. The molecule has 0 aromatic carbocycles. The van der Waals surface area contributed by atoms with Gasteiger partial charge in [-0.25, -0.2) is 0 Å². The quantitative estimate of drug-likeness (QED) is 0.813. The summed E-state index contributed by atoms with van der Waals surface area (Å²) in [6, 6.07) is 0.